The van der Waals surface area contributed by atoms with Crippen LogP contribution in [0.2, 0.25) is 0 Å². The van der Waals surface area contributed by atoms with E-state index < -0.39 is 0 Å². The Bertz CT molecular complexity index is 749. The third kappa shape index (κ3) is 5.97. The van der Waals surface area contributed by atoms with Crippen LogP contribution < -0.4 is 10.2 Å². The number of methoxy groups -OCH3 is 1. The molecule has 27 heavy (non-hydrogen) atoms. The minimum absolute atomic E-state index is 0.0217. The van der Waals surface area contributed by atoms with Gasteiger partial charge in [0.1, 0.15) is 0 Å². The van der Waals surface area contributed by atoms with Crippen molar-refractivity contribution in [3.8, 4) is 11.5 Å². The number of thiocarbonyl (C=S) groups is 1. The number of hydrazine groups is 1. The van der Waals surface area contributed by atoms with Crippen LogP contribution in [0.25, 0.3) is 6.08 Å². The third-order valence-corrected chi connectivity index (χ3v) is 5.34. The van der Waals surface area contributed by atoms with E-state index >= 15 is 0 Å². The van der Waals surface area contributed by atoms with Crippen molar-refractivity contribution in [3.63, 3.8) is 0 Å². The summed E-state index contributed by atoms with van der Waals surface area (Å²) in [5.74, 6) is -0.240. The highest BCUT2D eigenvalue weighted by Crippen LogP contribution is 2.33. The maximum Gasteiger partial charge on any atom is 0.285 e. The molecule has 1 aromatic carbocycles. The first-order valence-corrected chi connectivity index (χ1v) is 10.1. The van der Waals surface area contributed by atoms with E-state index in [-0.39, 0.29) is 21.9 Å². The molecule has 0 atom stereocenters. The van der Waals surface area contributed by atoms with Crippen LogP contribution >= 0.6 is 24.0 Å². The van der Waals surface area contributed by atoms with Gasteiger partial charge < -0.3 is 9.84 Å². The molecule has 0 spiro atoms. The Hall–Kier alpha value is -2.06. The number of rotatable bonds is 9. The summed E-state index contributed by atoms with van der Waals surface area (Å²) in [7, 11) is 1.45. The first kappa shape index (κ1) is 21.2. The summed E-state index contributed by atoms with van der Waals surface area (Å²) < 4.78 is 5.36. The lowest BCUT2D eigenvalue weighted by molar-refractivity contribution is -0.133. The summed E-state index contributed by atoms with van der Waals surface area (Å²) in [4.78, 5) is 25.0. The predicted octanol–water partition coefficient (Wildman–Crippen LogP) is 3.99. The van der Waals surface area contributed by atoms with Crippen molar-refractivity contribution in [2.24, 2.45) is 0 Å². The first-order chi connectivity index (χ1) is 13.0. The Kier molecular flexibility index (Phi) is 8.12. The molecule has 1 heterocycles. The van der Waals surface area contributed by atoms with Gasteiger partial charge in [-0.15, -0.1) is 0 Å². The summed E-state index contributed by atoms with van der Waals surface area (Å²) >= 11 is 6.34. The van der Waals surface area contributed by atoms with Crippen molar-refractivity contribution in [3.05, 3.63) is 28.7 Å². The van der Waals surface area contributed by atoms with Crippen LogP contribution in [0.3, 0.4) is 0 Å². The SMILES string of the molecule is CCCCCCCC(=O)NN1C(=O)/C(=C/c2ccc(O)c(OC)c2)SC1=S. The van der Waals surface area contributed by atoms with Gasteiger partial charge in [-0.05, 0) is 42.4 Å². The lowest BCUT2D eigenvalue weighted by atomic mass is 10.1. The molecule has 1 aliphatic heterocycles. The van der Waals surface area contributed by atoms with Gasteiger partial charge in [-0.25, -0.2) is 0 Å². The molecule has 0 saturated carbocycles. The van der Waals surface area contributed by atoms with Crippen molar-refractivity contribution in [2.75, 3.05) is 7.11 Å². The monoisotopic (exact) mass is 408 g/mol. The highest BCUT2D eigenvalue weighted by Gasteiger charge is 2.33. The molecule has 0 unspecified atom stereocenters. The zero-order chi connectivity index (χ0) is 19.8. The Balaban J connectivity index is 1.97. The zero-order valence-corrected chi connectivity index (χ0v) is 17.1. The van der Waals surface area contributed by atoms with E-state index in [1.54, 1.807) is 18.2 Å². The number of ether oxygens (including phenoxy) is 1. The van der Waals surface area contributed by atoms with Crippen LogP contribution in [0.4, 0.5) is 0 Å². The van der Waals surface area contributed by atoms with E-state index in [0.717, 1.165) is 42.5 Å². The lowest BCUT2D eigenvalue weighted by Gasteiger charge is -2.15. The molecule has 0 aromatic heterocycles. The molecule has 0 radical (unpaired) electrons. The van der Waals surface area contributed by atoms with Crippen molar-refractivity contribution < 1.29 is 19.4 Å². The van der Waals surface area contributed by atoms with Crippen LogP contribution in [0.5, 0.6) is 11.5 Å². The van der Waals surface area contributed by atoms with E-state index in [2.05, 4.69) is 12.3 Å². The number of nitrogens with zero attached hydrogens (tertiary/aromatic N) is 1. The van der Waals surface area contributed by atoms with Crippen molar-refractivity contribution in [1.82, 2.24) is 10.4 Å². The van der Waals surface area contributed by atoms with Gasteiger partial charge in [0.25, 0.3) is 5.91 Å². The van der Waals surface area contributed by atoms with E-state index in [1.165, 1.54) is 19.6 Å². The number of phenolic OH excluding ortho intramolecular Hbond substituents is 1. The maximum atomic E-state index is 12.5. The lowest BCUT2D eigenvalue weighted by Crippen LogP contribution is -2.44. The molecule has 1 fully saturated rings. The molecule has 1 aromatic rings. The quantitative estimate of drug-likeness (QED) is 0.365. The van der Waals surface area contributed by atoms with Gasteiger partial charge in [0, 0.05) is 6.42 Å². The Morgan fingerprint density at radius 1 is 1.33 bits per heavy atom. The number of thioether (sulfide) groups is 1. The van der Waals surface area contributed by atoms with Crippen LogP contribution in [0.1, 0.15) is 51.0 Å². The fourth-order valence-electron chi connectivity index (χ4n) is 2.57. The molecular formula is C19H24N2O4S2. The van der Waals surface area contributed by atoms with Crippen molar-refractivity contribution in [2.45, 2.75) is 45.4 Å². The molecule has 1 saturated heterocycles. The number of nitrogens with one attached hydrogen (secondary N) is 1. The van der Waals surface area contributed by atoms with Crippen LogP contribution in [0, 0.1) is 0 Å². The second-order valence-corrected chi connectivity index (χ2v) is 7.82. The highest BCUT2D eigenvalue weighted by molar-refractivity contribution is 8.26. The number of carbonyl (C=O) groups excluding carboxylic acids is 2. The molecule has 146 valence electrons. The smallest absolute Gasteiger partial charge is 0.285 e. The number of amides is 2. The number of phenols is 1. The predicted molar refractivity (Wildman–Crippen MR) is 111 cm³/mol. The van der Waals surface area contributed by atoms with Gasteiger partial charge in [0.15, 0.2) is 15.8 Å². The third-order valence-electron chi connectivity index (χ3n) is 4.04. The number of hydrogen-bond acceptors (Lipinski definition) is 6. The number of carbonyl (C=O) groups is 2. The number of aromatic hydroxyl groups is 1. The fraction of sp³-hybridized carbons (Fsp3) is 0.421. The normalized spacial score (nSPS) is 15.5. The van der Waals surface area contributed by atoms with Gasteiger partial charge >= 0.3 is 0 Å². The first-order valence-electron chi connectivity index (χ1n) is 8.90. The number of unbranched alkanes of at least 4 members (excludes halogenated alkanes) is 4. The molecular weight excluding hydrogens is 384 g/mol. The summed E-state index contributed by atoms with van der Waals surface area (Å²) in [5.41, 5.74) is 3.28. The van der Waals surface area contributed by atoms with Crippen LogP contribution in [-0.4, -0.2) is 33.4 Å². The Labute approximate surface area is 168 Å². The van der Waals surface area contributed by atoms with Gasteiger partial charge in [0.05, 0.1) is 12.0 Å². The second kappa shape index (κ2) is 10.3. The molecule has 2 rings (SSSR count). The number of benzene rings is 1. The van der Waals surface area contributed by atoms with Gasteiger partial charge in [-0.3, -0.25) is 15.0 Å². The van der Waals surface area contributed by atoms with E-state index in [0.29, 0.717) is 22.6 Å². The van der Waals surface area contributed by atoms with E-state index in [1.807, 2.05) is 0 Å². The molecule has 2 amide bonds. The van der Waals surface area contributed by atoms with Crippen LogP contribution in [-0.2, 0) is 9.59 Å². The molecule has 0 aliphatic carbocycles. The Morgan fingerprint density at radius 2 is 2.07 bits per heavy atom. The van der Waals surface area contributed by atoms with E-state index in [9.17, 15) is 14.7 Å². The molecule has 8 heteroatoms. The number of hydrogen-bond donors (Lipinski definition) is 2. The summed E-state index contributed by atoms with van der Waals surface area (Å²) in [6.45, 7) is 2.14. The maximum absolute atomic E-state index is 12.5. The largest absolute Gasteiger partial charge is 0.504 e. The summed E-state index contributed by atoms with van der Waals surface area (Å²) in [5, 5.41) is 10.8. The molecule has 6 nitrogen and oxygen atoms in total. The highest BCUT2D eigenvalue weighted by atomic mass is 32.2. The molecule has 1 aliphatic rings. The van der Waals surface area contributed by atoms with Gasteiger partial charge in [-0.1, -0.05) is 50.4 Å². The molecule has 0 bridgehead atoms. The minimum Gasteiger partial charge on any atom is -0.504 e. The topological polar surface area (TPSA) is 78.9 Å². The summed E-state index contributed by atoms with van der Waals surface area (Å²) in [6, 6.07) is 4.78. The standard InChI is InChI=1S/C19H24N2O4S2/c1-3-4-5-6-7-8-17(23)20-21-18(24)16(27-19(21)26)12-13-9-10-14(22)15(11-13)25-2/h9-12,22H,3-8H2,1-2H3,(H,20,23)/b16-12-. The molecule has 2 N–H and O–H groups in total. The summed E-state index contributed by atoms with van der Waals surface area (Å²) in [6.07, 6.45) is 7.26. The van der Waals surface area contributed by atoms with Crippen molar-refractivity contribution >= 4 is 46.2 Å². The van der Waals surface area contributed by atoms with Crippen LogP contribution in [0.15, 0.2) is 23.1 Å². The van der Waals surface area contributed by atoms with E-state index in [4.69, 9.17) is 17.0 Å². The average Bonchev–Trinajstić information content (AvgIpc) is 2.90. The van der Waals surface area contributed by atoms with Gasteiger partial charge in [-0.2, -0.15) is 5.01 Å². The van der Waals surface area contributed by atoms with Gasteiger partial charge in [0.2, 0.25) is 5.91 Å². The minimum atomic E-state index is -0.364. The average molecular weight is 409 g/mol. The second-order valence-electron chi connectivity index (χ2n) is 6.15. The fourth-order valence-corrected chi connectivity index (χ4v) is 3.75. The Morgan fingerprint density at radius 3 is 2.78 bits per heavy atom. The van der Waals surface area contributed by atoms with Crippen molar-refractivity contribution in [1.29, 1.82) is 0 Å². The zero-order valence-electron chi connectivity index (χ0n) is 15.5.